The Balaban J connectivity index is 2.37. The zero-order valence-corrected chi connectivity index (χ0v) is 18.4. The molecule has 148 valence electrons. The van der Waals surface area contributed by atoms with Crippen LogP contribution >= 0.6 is 0 Å². The van der Waals surface area contributed by atoms with Crippen molar-refractivity contribution in [2.45, 2.75) is 97.6 Å². The van der Waals surface area contributed by atoms with Gasteiger partial charge in [0.2, 0.25) is 0 Å². The molecule has 0 aliphatic carbocycles. The number of hydrogen-bond acceptors (Lipinski definition) is 4. The van der Waals surface area contributed by atoms with Crippen molar-refractivity contribution in [1.82, 2.24) is 5.01 Å². The van der Waals surface area contributed by atoms with Gasteiger partial charge in [-0.3, -0.25) is 5.01 Å². The van der Waals surface area contributed by atoms with Crippen LogP contribution in [0.15, 0.2) is 17.4 Å². The largest absolute Gasteiger partial charge is 0.465 e. The van der Waals surface area contributed by atoms with Crippen molar-refractivity contribution in [3.8, 4) is 0 Å². The summed E-state index contributed by atoms with van der Waals surface area (Å²) in [6.07, 6.45) is 10.6. The van der Waals surface area contributed by atoms with E-state index in [1.807, 2.05) is 18.3 Å². The van der Waals surface area contributed by atoms with Gasteiger partial charge in [0.25, 0.3) is 0 Å². The minimum absolute atomic E-state index is 0.187. The Labute approximate surface area is 161 Å². The zero-order chi connectivity index (χ0) is 19.8. The van der Waals surface area contributed by atoms with Gasteiger partial charge in [-0.1, -0.05) is 53.5 Å². The fraction of sp³-hybridized carbons (Fsp3) is 0.857. The molecular weight excluding hydrogens is 323 g/mol. The predicted octanol–water partition coefficient (Wildman–Crippen LogP) is 5.51. The van der Waals surface area contributed by atoms with Gasteiger partial charge >= 0.3 is 7.12 Å². The lowest BCUT2D eigenvalue weighted by Crippen LogP contribution is -2.47. The van der Waals surface area contributed by atoms with Crippen molar-refractivity contribution in [2.24, 2.45) is 16.4 Å². The molecule has 2 heterocycles. The van der Waals surface area contributed by atoms with Crippen LogP contribution in [0.25, 0.3) is 0 Å². The highest BCUT2D eigenvalue weighted by molar-refractivity contribution is 6.50. The van der Waals surface area contributed by atoms with Crippen LogP contribution in [0.1, 0.15) is 81.1 Å². The number of rotatable bonds is 7. The van der Waals surface area contributed by atoms with Gasteiger partial charge in [0.05, 0.1) is 11.2 Å². The fourth-order valence-corrected chi connectivity index (χ4v) is 4.21. The lowest BCUT2D eigenvalue weighted by atomic mass is 9.45. The van der Waals surface area contributed by atoms with E-state index in [0.717, 1.165) is 25.7 Å². The Morgan fingerprint density at radius 1 is 1.19 bits per heavy atom. The average Bonchev–Trinajstić information content (AvgIpc) is 2.80. The SMILES string of the molecule is CCCC(C)(B1OC(C)(C)C(C)(CC(C)CC)O1)C1(C)C=CN(C)N=C1. The van der Waals surface area contributed by atoms with E-state index in [0.29, 0.717) is 5.92 Å². The van der Waals surface area contributed by atoms with E-state index in [4.69, 9.17) is 9.31 Å². The quantitative estimate of drug-likeness (QED) is 0.560. The molecule has 1 saturated heterocycles. The maximum absolute atomic E-state index is 6.77. The Hall–Kier alpha value is -0.805. The molecule has 0 saturated carbocycles. The first kappa shape index (κ1) is 21.5. The van der Waals surface area contributed by atoms with E-state index in [1.54, 1.807) is 0 Å². The highest BCUT2D eigenvalue weighted by atomic mass is 16.7. The van der Waals surface area contributed by atoms with Gasteiger partial charge in [-0.05, 0) is 39.5 Å². The molecule has 0 aromatic heterocycles. The highest BCUT2D eigenvalue weighted by Crippen LogP contribution is 2.58. The normalized spacial score (nSPS) is 34.2. The van der Waals surface area contributed by atoms with Gasteiger partial charge in [0.1, 0.15) is 0 Å². The number of hydrazone groups is 1. The third-order valence-corrected chi connectivity index (χ3v) is 7.14. The second-order valence-corrected chi connectivity index (χ2v) is 9.61. The van der Waals surface area contributed by atoms with Gasteiger partial charge in [-0.15, -0.1) is 0 Å². The van der Waals surface area contributed by atoms with Crippen molar-refractivity contribution in [3.63, 3.8) is 0 Å². The molecule has 26 heavy (non-hydrogen) atoms. The third-order valence-electron chi connectivity index (χ3n) is 7.14. The zero-order valence-electron chi connectivity index (χ0n) is 18.4. The summed E-state index contributed by atoms with van der Waals surface area (Å²) < 4.78 is 13.4. The average molecular weight is 362 g/mol. The van der Waals surface area contributed by atoms with Gasteiger partial charge < -0.3 is 9.31 Å². The monoisotopic (exact) mass is 362 g/mol. The number of allylic oxidation sites excluding steroid dienone is 1. The van der Waals surface area contributed by atoms with Gasteiger partial charge in [0.15, 0.2) is 0 Å². The predicted molar refractivity (Wildman–Crippen MR) is 111 cm³/mol. The molecule has 4 atom stereocenters. The Morgan fingerprint density at radius 2 is 1.85 bits per heavy atom. The summed E-state index contributed by atoms with van der Waals surface area (Å²) in [7, 11) is 1.70. The topological polar surface area (TPSA) is 34.1 Å². The summed E-state index contributed by atoms with van der Waals surface area (Å²) in [5.74, 6) is 0.611. The molecule has 5 heteroatoms. The molecule has 0 aromatic carbocycles. The Kier molecular flexibility index (Phi) is 6.04. The third kappa shape index (κ3) is 3.62. The number of nitrogens with zero attached hydrogens (tertiary/aromatic N) is 2. The second kappa shape index (κ2) is 7.31. The van der Waals surface area contributed by atoms with Crippen LogP contribution in [0.2, 0.25) is 5.31 Å². The molecule has 0 aromatic rings. The smallest absolute Gasteiger partial charge is 0.403 e. The summed E-state index contributed by atoms with van der Waals surface area (Å²) in [6, 6.07) is 0. The van der Waals surface area contributed by atoms with E-state index in [9.17, 15) is 0 Å². The minimum atomic E-state index is -0.321. The summed E-state index contributed by atoms with van der Waals surface area (Å²) in [5.41, 5.74) is -0.818. The van der Waals surface area contributed by atoms with E-state index in [1.165, 1.54) is 0 Å². The van der Waals surface area contributed by atoms with Crippen molar-refractivity contribution in [3.05, 3.63) is 12.3 Å². The first-order valence-electron chi connectivity index (χ1n) is 10.3. The standard InChI is InChI=1S/C21H39BN2O2/c1-10-12-20(7,19(6)13-14-24(9)23-16-19)22-25-18(4,5)21(8,26-22)15-17(3)11-2/h13-14,16-17H,10-12,15H2,1-9H3. The molecule has 0 radical (unpaired) electrons. The van der Waals surface area contributed by atoms with Crippen molar-refractivity contribution in [1.29, 1.82) is 0 Å². The molecule has 2 aliphatic rings. The van der Waals surface area contributed by atoms with Gasteiger partial charge in [0, 0.05) is 30.2 Å². The van der Waals surface area contributed by atoms with E-state index in [-0.39, 0.29) is 29.0 Å². The van der Waals surface area contributed by atoms with Crippen molar-refractivity contribution >= 4 is 13.3 Å². The van der Waals surface area contributed by atoms with Crippen LogP contribution in [0.4, 0.5) is 0 Å². The van der Waals surface area contributed by atoms with E-state index in [2.05, 4.69) is 72.8 Å². The molecule has 4 nitrogen and oxygen atoms in total. The summed E-state index contributed by atoms with van der Waals surface area (Å²) in [4.78, 5) is 0. The van der Waals surface area contributed by atoms with Crippen LogP contribution in [-0.2, 0) is 9.31 Å². The van der Waals surface area contributed by atoms with E-state index < -0.39 is 0 Å². The molecule has 0 N–H and O–H groups in total. The second-order valence-electron chi connectivity index (χ2n) is 9.61. The van der Waals surface area contributed by atoms with Crippen LogP contribution in [-0.4, -0.2) is 36.6 Å². The maximum atomic E-state index is 6.77. The summed E-state index contributed by atoms with van der Waals surface area (Å²) in [6.45, 7) is 17.9. The van der Waals surface area contributed by atoms with Crippen LogP contribution in [0.3, 0.4) is 0 Å². The Bertz CT molecular complexity index is 548. The maximum Gasteiger partial charge on any atom is 0.465 e. The van der Waals surface area contributed by atoms with Gasteiger partial charge in [-0.25, -0.2) is 0 Å². The summed E-state index contributed by atoms with van der Waals surface area (Å²) >= 11 is 0. The highest BCUT2D eigenvalue weighted by Gasteiger charge is 2.63. The van der Waals surface area contributed by atoms with Crippen LogP contribution < -0.4 is 0 Å². The van der Waals surface area contributed by atoms with Crippen molar-refractivity contribution in [2.75, 3.05) is 7.05 Å². The fourth-order valence-electron chi connectivity index (χ4n) is 4.21. The lowest BCUT2D eigenvalue weighted by molar-refractivity contribution is -0.0257. The molecular formula is C21H39BN2O2. The summed E-state index contributed by atoms with van der Waals surface area (Å²) in [5, 5.41) is 6.21. The van der Waals surface area contributed by atoms with E-state index >= 15 is 0 Å². The lowest BCUT2D eigenvalue weighted by Gasteiger charge is -2.45. The molecule has 0 amide bonds. The van der Waals surface area contributed by atoms with Crippen LogP contribution in [0.5, 0.6) is 0 Å². The molecule has 2 aliphatic heterocycles. The Morgan fingerprint density at radius 3 is 2.35 bits per heavy atom. The molecule has 4 unspecified atom stereocenters. The molecule has 0 spiro atoms. The number of hydrogen-bond donors (Lipinski definition) is 0. The first-order chi connectivity index (χ1) is 11.9. The molecule has 1 fully saturated rings. The minimum Gasteiger partial charge on any atom is -0.403 e. The van der Waals surface area contributed by atoms with Crippen LogP contribution in [0, 0.1) is 11.3 Å². The van der Waals surface area contributed by atoms with Gasteiger partial charge in [-0.2, -0.15) is 5.10 Å². The van der Waals surface area contributed by atoms with Crippen molar-refractivity contribution < 1.29 is 9.31 Å². The molecule has 0 bridgehead atoms. The first-order valence-corrected chi connectivity index (χ1v) is 10.3. The molecule has 2 rings (SSSR count).